The topological polar surface area (TPSA) is 62.3 Å². The van der Waals surface area contributed by atoms with E-state index >= 15 is 0 Å². The quantitative estimate of drug-likeness (QED) is 0.801. The highest BCUT2D eigenvalue weighted by atomic mass is 19.2. The third-order valence-electron chi connectivity index (χ3n) is 4.02. The number of fused-ring (bicyclic) bond motifs is 2. The lowest BCUT2D eigenvalue weighted by atomic mass is 10.1. The molecule has 2 heterocycles. The van der Waals surface area contributed by atoms with Crippen LogP contribution in [-0.4, -0.2) is 22.8 Å². The molecular weight excluding hydrogens is 316 g/mol. The summed E-state index contributed by atoms with van der Waals surface area (Å²) in [5, 5.41) is 0. The van der Waals surface area contributed by atoms with Crippen molar-refractivity contribution in [1.29, 1.82) is 0 Å². The first-order chi connectivity index (χ1) is 11.6. The van der Waals surface area contributed by atoms with Gasteiger partial charge in [0.2, 0.25) is 0 Å². The van der Waals surface area contributed by atoms with Gasteiger partial charge in [0.05, 0.1) is 23.9 Å². The Morgan fingerprint density at radius 2 is 2.17 bits per heavy atom. The first-order valence-corrected chi connectivity index (χ1v) is 7.62. The number of aromatic nitrogens is 2. The number of imidazole rings is 1. The monoisotopic (exact) mass is 331 g/mol. The Bertz CT molecular complexity index is 939. The fourth-order valence-corrected chi connectivity index (χ4v) is 2.96. The number of nitrogens with two attached hydrogens (primary N) is 1. The smallest absolute Gasteiger partial charge is 0.302 e. The molecule has 1 aromatic heterocycles. The number of hydrogen-bond donors (Lipinski definition) is 1. The molecular formula is C17H15F2N3O2. The molecule has 3 aromatic rings. The SMILES string of the molecule is CCOc1nc2ccc(F)c(F)c2n1-c1cccc2c1OC[C@H]2N. The Morgan fingerprint density at radius 3 is 2.96 bits per heavy atom. The fraction of sp³-hybridized carbons (Fsp3) is 0.235. The number of rotatable bonds is 3. The van der Waals surface area contributed by atoms with Crippen LogP contribution in [0.3, 0.4) is 0 Å². The molecule has 1 aliphatic rings. The number of para-hydroxylation sites is 1. The van der Waals surface area contributed by atoms with Gasteiger partial charge in [0, 0.05) is 5.56 Å². The van der Waals surface area contributed by atoms with Crippen LogP contribution in [-0.2, 0) is 0 Å². The normalized spacial score (nSPS) is 16.2. The van der Waals surface area contributed by atoms with E-state index < -0.39 is 11.6 Å². The summed E-state index contributed by atoms with van der Waals surface area (Å²) >= 11 is 0. The minimum atomic E-state index is -0.981. The van der Waals surface area contributed by atoms with Crippen LogP contribution in [0.1, 0.15) is 18.5 Å². The first kappa shape index (κ1) is 14.9. The van der Waals surface area contributed by atoms with Gasteiger partial charge in [0.1, 0.15) is 17.9 Å². The van der Waals surface area contributed by atoms with E-state index in [0.717, 1.165) is 11.6 Å². The van der Waals surface area contributed by atoms with Crippen LogP contribution >= 0.6 is 0 Å². The van der Waals surface area contributed by atoms with Crippen molar-refractivity contribution in [2.24, 2.45) is 5.73 Å². The van der Waals surface area contributed by atoms with Gasteiger partial charge in [0.25, 0.3) is 0 Å². The standard InChI is InChI=1S/C17H15F2N3O2/c1-2-23-17-21-12-7-6-10(18)14(19)15(12)22(17)13-5-3-4-9-11(20)8-24-16(9)13/h3-7,11H,2,8,20H2,1H3/t11-/m1/s1. The third kappa shape index (κ3) is 2.05. The summed E-state index contributed by atoms with van der Waals surface area (Å²) in [6, 6.07) is 7.77. The fourth-order valence-electron chi connectivity index (χ4n) is 2.96. The Morgan fingerprint density at radius 1 is 1.33 bits per heavy atom. The van der Waals surface area contributed by atoms with Crippen molar-refractivity contribution in [1.82, 2.24) is 9.55 Å². The summed E-state index contributed by atoms with van der Waals surface area (Å²) in [4.78, 5) is 4.27. The highest BCUT2D eigenvalue weighted by molar-refractivity contribution is 5.81. The molecule has 0 unspecified atom stereocenters. The molecule has 7 heteroatoms. The van der Waals surface area contributed by atoms with E-state index in [1.54, 1.807) is 19.1 Å². The number of benzene rings is 2. The molecule has 1 atom stereocenters. The maximum absolute atomic E-state index is 14.5. The number of nitrogens with zero attached hydrogens (tertiary/aromatic N) is 2. The lowest BCUT2D eigenvalue weighted by Crippen LogP contribution is -2.10. The molecule has 5 nitrogen and oxygen atoms in total. The molecule has 2 N–H and O–H groups in total. The van der Waals surface area contributed by atoms with Gasteiger partial charge in [0.15, 0.2) is 11.6 Å². The molecule has 4 rings (SSSR count). The zero-order valence-corrected chi connectivity index (χ0v) is 12.9. The zero-order valence-electron chi connectivity index (χ0n) is 12.9. The van der Waals surface area contributed by atoms with Crippen molar-refractivity contribution in [2.75, 3.05) is 13.2 Å². The molecule has 24 heavy (non-hydrogen) atoms. The minimum Gasteiger partial charge on any atom is -0.489 e. The Labute approximate surface area is 136 Å². The second kappa shape index (κ2) is 5.45. The van der Waals surface area contributed by atoms with Gasteiger partial charge in [-0.15, -0.1) is 0 Å². The van der Waals surface area contributed by atoms with Gasteiger partial charge in [-0.05, 0) is 25.1 Å². The van der Waals surface area contributed by atoms with E-state index in [-0.39, 0.29) is 17.6 Å². The maximum Gasteiger partial charge on any atom is 0.302 e. The van der Waals surface area contributed by atoms with Crippen LogP contribution in [0.4, 0.5) is 8.78 Å². The van der Waals surface area contributed by atoms with Crippen LogP contribution in [0.25, 0.3) is 16.7 Å². The van der Waals surface area contributed by atoms with Gasteiger partial charge in [-0.3, -0.25) is 4.57 Å². The van der Waals surface area contributed by atoms with Crippen molar-refractivity contribution >= 4 is 11.0 Å². The van der Waals surface area contributed by atoms with Gasteiger partial charge >= 0.3 is 6.01 Å². The van der Waals surface area contributed by atoms with E-state index in [1.165, 1.54) is 10.6 Å². The lowest BCUT2D eigenvalue weighted by Gasteiger charge is -2.13. The molecule has 2 aromatic carbocycles. The van der Waals surface area contributed by atoms with E-state index in [4.69, 9.17) is 15.2 Å². The first-order valence-electron chi connectivity index (χ1n) is 7.62. The molecule has 0 bridgehead atoms. The average molecular weight is 331 g/mol. The van der Waals surface area contributed by atoms with Gasteiger partial charge in [-0.1, -0.05) is 12.1 Å². The average Bonchev–Trinajstić information content (AvgIpc) is 3.13. The predicted molar refractivity (Wildman–Crippen MR) is 84.6 cm³/mol. The summed E-state index contributed by atoms with van der Waals surface area (Å²) in [5.41, 5.74) is 7.67. The highest BCUT2D eigenvalue weighted by Gasteiger charge is 2.27. The number of ether oxygens (including phenoxy) is 2. The van der Waals surface area contributed by atoms with Crippen molar-refractivity contribution in [3.8, 4) is 17.4 Å². The largest absolute Gasteiger partial charge is 0.489 e. The Hall–Kier alpha value is -2.67. The van der Waals surface area contributed by atoms with Gasteiger partial charge in [-0.2, -0.15) is 4.98 Å². The van der Waals surface area contributed by atoms with E-state index in [9.17, 15) is 8.78 Å². The molecule has 0 amide bonds. The number of hydrogen-bond acceptors (Lipinski definition) is 4. The zero-order chi connectivity index (χ0) is 16.8. The van der Waals surface area contributed by atoms with Crippen LogP contribution in [0, 0.1) is 11.6 Å². The van der Waals surface area contributed by atoms with Crippen LogP contribution in [0.15, 0.2) is 30.3 Å². The molecule has 0 radical (unpaired) electrons. The molecule has 0 saturated heterocycles. The second-order valence-corrected chi connectivity index (χ2v) is 5.50. The molecule has 0 aliphatic carbocycles. The van der Waals surface area contributed by atoms with Crippen molar-refractivity contribution in [2.45, 2.75) is 13.0 Å². The Balaban J connectivity index is 2.06. The summed E-state index contributed by atoms with van der Waals surface area (Å²) in [6.07, 6.45) is 0. The van der Waals surface area contributed by atoms with E-state index in [0.29, 0.717) is 30.2 Å². The second-order valence-electron chi connectivity index (χ2n) is 5.50. The molecule has 124 valence electrons. The van der Waals surface area contributed by atoms with Crippen LogP contribution in [0.5, 0.6) is 11.8 Å². The third-order valence-corrected chi connectivity index (χ3v) is 4.02. The van der Waals surface area contributed by atoms with E-state index in [1.807, 2.05) is 6.07 Å². The van der Waals surface area contributed by atoms with Crippen molar-refractivity contribution < 1.29 is 18.3 Å². The predicted octanol–water partition coefficient (Wildman–Crippen LogP) is 3.09. The van der Waals surface area contributed by atoms with Crippen molar-refractivity contribution in [3.63, 3.8) is 0 Å². The van der Waals surface area contributed by atoms with Gasteiger partial charge < -0.3 is 15.2 Å². The highest BCUT2D eigenvalue weighted by Crippen LogP contribution is 2.40. The number of halogens is 2. The van der Waals surface area contributed by atoms with Gasteiger partial charge in [-0.25, -0.2) is 8.78 Å². The van der Waals surface area contributed by atoms with Crippen LogP contribution in [0.2, 0.25) is 0 Å². The summed E-state index contributed by atoms with van der Waals surface area (Å²) in [5.74, 6) is -1.39. The maximum atomic E-state index is 14.5. The summed E-state index contributed by atoms with van der Waals surface area (Å²) < 4.78 is 40.9. The molecule has 0 spiro atoms. The van der Waals surface area contributed by atoms with Crippen LogP contribution < -0.4 is 15.2 Å². The van der Waals surface area contributed by atoms with Crippen molar-refractivity contribution in [3.05, 3.63) is 47.5 Å². The summed E-state index contributed by atoms with van der Waals surface area (Å²) in [6.45, 7) is 2.46. The minimum absolute atomic E-state index is 0.0101. The molecule has 0 saturated carbocycles. The molecule has 0 fully saturated rings. The molecule has 1 aliphatic heterocycles. The lowest BCUT2D eigenvalue weighted by molar-refractivity contribution is 0.305. The summed E-state index contributed by atoms with van der Waals surface area (Å²) in [7, 11) is 0. The Kier molecular flexibility index (Phi) is 3.38. The van der Waals surface area contributed by atoms with E-state index in [2.05, 4.69) is 4.98 Å².